The number of likely N-dealkylation sites (tertiary alicyclic amines) is 1. The fourth-order valence-corrected chi connectivity index (χ4v) is 2.99. The van der Waals surface area contributed by atoms with E-state index >= 15 is 0 Å². The van der Waals surface area contributed by atoms with Gasteiger partial charge in [0.2, 0.25) is 0 Å². The summed E-state index contributed by atoms with van der Waals surface area (Å²) < 4.78 is 6.88. The van der Waals surface area contributed by atoms with E-state index in [1.54, 1.807) is 0 Å². The van der Waals surface area contributed by atoms with Crippen molar-refractivity contribution in [3.05, 3.63) is 28.2 Å². The van der Waals surface area contributed by atoms with Gasteiger partial charge in [-0.3, -0.25) is 4.90 Å². The summed E-state index contributed by atoms with van der Waals surface area (Å²) in [6.45, 7) is 4.91. The summed E-state index contributed by atoms with van der Waals surface area (Å²) in [5, 5.41) is 0. The van der Waals surface area contributed by atoms with E-state index in [0.29, 0.717) is 6.54 Å². The predicted molar refractivity (Wildman–Crippen MR) is 82.7 cm³/mol. The van der Waals surface area contributed by atoms with Crippen molar-refractivity contribution in [1.82, 2.24) is 4.90 Å². The average Bonchev–Trinajstić information content (AvgIpc) is 2.43. The lowest BCUT2D eigenvalue weighted by Crippen LogP contribution is -2.33. The van der Waals surface area contributed by atoms with Gasteiger partial charge in [0.05, 0.1) is 4.47 Å². The maximum Gasteiger partial charge on any atom is 0.133 e. The third-order valence-electron chi connectivity index (χ3n) is 3.54. The van der Waals surface area contributed by atoms with Crippen LogP contribution in [0.1, 0.15) is 24.8 Å². The zero-order valence-electron chi connectivity index (χ0n) is 11.4. The van der Waals surface area contributed by atoms with Crippen LogP contribution in [0.3, 0.4) is 0 Å². The zero-order chi connectivity index (χ0) is 13.5. The molecule has 2 N–H and O–H groups in total. The van der Waals surface area contributed by atoms with Crippen LogP contribution in [0.15, 0.2) is 22.7 Å². The molecule has 2 rings (SSSR count). The zero-order valence-corrected chi connectivity index (χ0v) is 13.0. The number of piperidine rings is 1. The standard InChI is InChI=1S/C15H23BrN2O/c16-14-12-13(6-7-17)4-5-15(14)19-11-10-18-8-2-1-3-9-18/h4-5,12H,1-3,6-11,17H2. The largest absolute Gasteiger partial charge is 0.491 e. The molecule has 0 spiro atoms. The van der Waals surface area contributed by atoms with Crippen LogP contribution >= 0.6 is 15.9 Å². The van der Waals surface area contributed by atoms with Crippen molar-refractivity contribution >= 4 is 15.9 Å². The van der Waals surface area contributed by atoms with Crippen molar-refractivity contribution in [2.45, 2.75) is 25.7 Å². The van der Waals surface area contributed by atoms with Crippen LogP contribution in [0.5, 0.6) is 5.75 Å². The number of hydrogen-bond acceptors (Lipinski definition) is 3. The average molecular weight is 327 g/mol. The molecule has 1 fully saturated rings. The Balaban J connectivity index is 1.78. The molecular weight excluding hydrogens is 304 g/mol. The van der Waals surface area contributed by atoms with Crippen molar-refractivity contribution in [3.8, 4) is 5.75 Å². The quantitative estimate of drug-likeness (QED) is 0.873. The van der Waals surface area contributed by atoms with Gasteiger partial charge >= 0.3 is 0 Å². The Morgan fingerprint density at radius 2 is 2.00 bits per heavy atom. The molecule has 1 heterocycles. The minimum Gasteiger partial charge on any atom is -0.491 e. The van der Waals surface area contributed by atoms with E-state index in [2.05, 4.69) is 33.0 Å². The van der Waals surface area contributed by atoms with Crippen molar-refractivity contribution in [2.24, 2.45) is 5.73 Å². The van der Waals surface area contributed by atoms with Crippen LogP contribution in [-0.4, -0.2) is 37.7 Å². The second-order valence-electron chi connectivity index (χ2n) is 5.05. The Kier molecular flexibility index (Phi) is 6.14. The molecule has 1 aromatic carbocycles. The number of halogens is 1. The number of nitrogens with zero attached hydrogens (tertiary/aromatic N) is 1. The molecule has 0 saturated carbocycles. The lowest BCUT2D eigenvalue weighted by atomic mass is 10.1. The van der Waals surface area contributed by atoms with E-state index < -0.39 is 0 Å². The minimum atomic E-state index is 0.682. The topological polar surface area (TPSA) is 38.5 Å². The first-order chi connectivity index (χ1) is 9.29. The van der Waals surface area contributed by atoms with Gasteiger partial charge in [-0.2, -0.15) is 0 Å². The summed E-state index contributed by atoms with van der Waals surface area (Å²) >= 11 is 3.56. The lowest BCUT2D eigenvalue weighted by Gasteiger charge is -2.26. The normalized spacial score (nSPS) is 16.5. The Hall–Kier alpha value is -0.580. The van der Waals surface area contributed by atoms with E-state index in [0.717, 1.165) is 29.8 Å². The Morgan fingerprint density at radius 1 is 1.21 bits per heavy atom. The molecule has 0 aromatic heterocycles. The SMILES string of the molecule is NCCc1ccc(OCCN2CCCCC2)c(Br)c1. The van der Waals surface area contributed by atoms with Gasteiger partial charge in [0.1, 0.15) is 12.4 Å². The first-order valence-electron chi connectivity index (χ1n) is 7.13. The van der Waals surface area contributed by atoms with E-state index in [1.807, 2.05) is 6.07 Å². The highest BCUT2D eigenvalue weighted by Crippen LogP contribution is 2.26. The first-order valence-corrected chi connectivity index (χ1v) is 7.92. The second-order valence-corrected chi connectivity index (χ2v) is 5.91. The summed E-state index contributed by atoms with van der Waals surface area (Å²) in [6.07, 6.45) is 4.95. The number of ether oxygens (including phenoxy) is 1. The van der Waals surface area contributed by atoms with E-state index in [1.165, 1.54) is 37.9 Å². The predicted octanol–water partition coefficient (Wildman–Crippen LogP) is 2.82. The maximum absolute atomic E-state index is 5.85. The van der Waals surface area contributed by atoms with Gasteiger partial charge < -0.3 is 10.5 Å². The van der Waals surface area contributed by atoms with Crippen LogP contribution in [0, 0.1) is 0 Å². The number of rotatable bonds is 6. The molecular formula is C15H23BrN2O. The minimum absolute atomic E-state index is 0.682. The molecule has 0 atom stereocenters. The van der Waals surface area contributed by atoms with Crippen molar-refractivity contribution in [2.75, 3.05) is 32.8 Å². The molecule has 1 aliphatic heterocycles. The van der Waals surface area contributed by atoms with Crippen LogP contribution in [0.25, 0.3) is 0 Å². The molecule has 3 nitrogen and oxygen atoms in total. The fourth-order valence-electron chi connectivity index (χ4n) is 2.45. The smallest absolute Gasteiger partial charge is 0.133 e. The van der Waals surface area contributed by atoms with E-state index in [4.69, 9.17) is 10.5 Å². The fraction of sp³-hybridized carbons (Fsp3) is 0.600. The summed E-state index contributed by atoms with van der Waals surface area (Å²) in [5.41, 5.74) is 6.81. The second kappa shape index (κ2) is 7.88. The van der Waals surface area contributed by atoms with Crippen LogP contribution in [0.4, 0.5) is 0 Å². The third kappa shape index (κ3) is 4.79. The van der Waals surface area contributed by atoms with Crippen molar-refractivity contribution < 1.29 is 4.74 Å². The van der Waals surface area contributed by atoms with Gasteiger partial charge in [-0.15, -0.1) is 0 Å². The highest BCUT2D eigenvalue weighted by atomic mass is 79.9. The molecule has 19 heavy (non-hydrogen) atoms. The van der Waals surface area contributed by atoms with E-state index in [9.17, 15) is 0 Å². The van der Waals surface area contributed by atoms with Gasteiger partial charge in [-0.25, -0.2) is 0 Å². The van der Waals surface area contributed by atoms with Gasteiger partial charge in [0, 0.05) is 6.54 Å². The molecule has 0 unspecified atom stereocenters. The molecule has 0 bridgehead atoms. The maximum atomic E-state index is 5.85. The molecule has 1 aliphatic rings. The summed E-state index contributed by atoms with van der Waals surface area (Å²) in [7, 11) is 0. The highest BCUT2D eigenvalue weighted by Gasteiger charge is 2.10. The highest BCUT2D eigenvalue weighted by molar-refractivity contribution is 9.10. The van der Waals surface area contributed by atoms with Gasteiger partial charge in [0.15, 0.2) is 0 Å². The van der Waals surface area contributed by atoms with Crippen LogP contribution < -0.4 is 10.5 Å². The molecule has 0 amide bonds. The summed E-state index contributed by atoms with van der Waals surface area (Å²) in [6, 6.07) is 6.22. The number of benzene rings is 1. The Labute approximate surface area is 124 Å². The van der Waals surface area contributed by atoms with Crippen LogP contribution in [-0.2, 0) is 6.42 Å². The molecule has 0 aliphatic carbocycles. The van der Waals surface area contributed by atoms with Gasteiger partial charge in [0.25, 0.3) is 0 Å². The summed E-state index contributed by atoms with van der Waals surface area (Å²) in [5.74, 6) is 0.929. The number of nitrogens with two attached hydrogens (primary N) is 1. The Morgan fingerprint density at radius 3 is 2.68 bits per heavy atom. The molecule has 1 aromatic rings. The lowest BCUT2D eigenvalue weighted by molar-refractivity contribution is 0.183. The molecule has 106 valence electrons. The molecule has 1 saturated heterocycles. The van der Waals surface area contributed by atoms with E-state index in [-0.39, 0.29) is 0 Å². The van der Waals surface area contributed by atoms with Gasteiger partial charge in [-0.1, -0.05) is 12.5 Å². The molecule has 0 radical (unpaired) electrons. The van der Waals surface area contributed by atoms with Crippen molar-refractivity contribution in [1.29, 1.82) is 0 Å². The Bertz CT molecular complexity index is 392. The number of hydrogen-bond donors (Lipinski definition) is 1. The van der Waals surface area contributed by atoms with Crippen molar-refractivity contribution in [3.63, 3.8) is 0 Å². The van der Waals surface area contributed by atoms with Gasteiger partial charge in [-0.05, 0) is 72.5 Å². The summed E-state index contributed by atoms with van der Waals surface area (Å²) in [4.78, 5) is 2.49. The third-order valence-corrected chi connectivity index (χ3v) is 4.16. The molecule has 4 heteroatoms. The first kappa shape index (κ1) is 14.8. The monoisotopic (exact) mass is 326 g/mol. The van der Waals surface area contributed by atoms with Crippen LogP contribution in [0.2, 0.25) is 0 Å².